The zero-order valence-corrected chi connectivity index (χ0v) is 15.0. The van der Waals surface area contributed by atoms with Crippen LogP contribution in [0.2, 0.25) is 0 Å². The first kappa shape index (κ1) is 17.5. The van der Waals surface area contributed by atoms with Crippen molar-refractivity contribution in [3.05, 3.63) is 29.6 Å². The third kappa shape index (κ3) is 4.63. The van der Waals surface area contributed by atoms with Crippen molar-refractivity contribution in [2.75, 3.05) is 31.9 Å². The van der Waals surface area contributed by atoms with Crippen LogP contribution >= 0.6 is 11.8 Å². The topological polar surface area (TPSA) is 44.4 Å². The Hall–Kier alpha value is -1.27. The van der Waals surface area contributed by atoms with Gasteiger partial charge in [-0.05, 0) is 55.5 Å². The molecule has 3 rings (SSSR count). The Bertz CT molecular complexity index is 583. The van der Waals surface area contributed by atoms with Crippen molar-refractivity contribution >= 4 is 17.8 Å². The summed E-state index contributed by atoms with van der Waals surface area (Å²) >= 11 is 1.72. The van der Waals surface area contributed by atoms with Crippen molar-refractivity contribution in [1.29, 1.82) is 0 Å². The van der Waals surface area contributed by atoms with Gasteiger partial charge in [0.15, 0.2) is 0 Å². The highest BCUT2D eigenvalue weighted by Gasteiger charge is 2.23. The van der Waals surface area contributed by atoms with E-state index in [-0.39, 0.29) is 17.9 Å². The van der Waals surface area contributed by atoms with Crippen LogP contribution in [0.15, 0.2) is 23.1 Å². The Balaban J connectivity index is 1.46. The lowest BCUT2D eigenvalue weighted by Gasteiger charge is -2.31. The van der Waals surface area contributed by atoms with Crippen LogP contribution in [0.5, 0.6) is 0 Å². The highest BCUT2D eigenvalue weighted by atomic mass is 32.2. The van der Waals surface area contributed by atoms with E-state index in [1.165, 1.54) is 18.9 Å². The molecule has 0 bridgehead atoms. The van der Waals surface area contributed by atoms with Crippen LogP contribution < -0.4 is 10.6 Å². The van der Waals surface area contributed by atoms with Gasteiger partial charge in [-0.1, -0.05) is 6.92 Å². The SMILES string of the molecule is C[C@@H]1CCCN(CCNC(=O)N[C@H]2CCSc3ccc(F)cc32)C1. The highest BCUT2D eigenvalue weighted by molar-refractivity contribution is 7.99. The summed E-state index contributed by atoms with van der Waals surface area (Å²) in [5.41, 5.74) is 0.895. The van der Waals surface area contributed by atoms with Gasteiger partial charge < -0.3 is 15.5 Å². The molecule has 2 atom stereocenters. The molecule has 0 unspecified atom stereocenters. The molecule has 1 saturated heterocycles. The van der Waals surface area contributed by atoms with Crippen LogP contribution in [0.25, 0.3) is 0 Å². The maximum absolute atomic E-state index is 13.5. The molecule has 0 aliphatic carbocycles. The molecule has 4 nitrogen and oxygen atoms in total. The highest BCUT2D eigenvalue weighted by Crippen LogP contribution is 2.36. The van der Waals surface area contributed by atoms with E-state index in [9.17, 15) is 9.18 Å². The van der Waals surface area contributed by atoms with Gasteiger partial charge >= 0.3 is 6.03 Å². The Morgan fingerprint density at radius 2 is 2.29 bits per heavy atom. The number of fused-ring (bicyclic) bond motifs is 1. The second-order valence-electron chi connectivity index (χ2n) is 6.82. The summed E-state index contributed by atoms with van der Waals surface area (Å²) in [6.45, 7) is 6.07. The van der Waals surface area contributed by atoms with Crippen molar-refractivity contribution in [1.82, 2.24) is 15.5 Å². The second-order valence-corrected chi connectivity index (χ2v) is 7.96. The Kier molecular flexibility index (Phi) is 6.00. The normalized spacial score (nSPS) is 24.2. The zero-order valence-electron chi connectivity index (χ0n) is 14.2. The monoisotopic (exact) mass is 351 g/mol. The van der Waals surface area contributed by atoms with E-state index in [4.69, 9.17) is 0 Å². The minimum Gasteiger partial charge on any atom is -0.337 e. The molecule has 0 saturated carbocycles. The van der Waals surface area contributed by atoms with E-state index >= 15 is 0 Å². The molecular weight excluding hydrogens is 325 g/mol. The zero-order chi connectivity index (χ0) is 16.9. The van der Waals surface area contributed by atoms with E-state index < -0.39 is 0 Å². The number of rotatable bonds is 4. The maximum atomic E-state index is 13.5. The number of hydrogen-bond acceptors (Lipinski definition) is 3. The fourth-order valence-corrected chi connectivity index (χ4v) is 4.65. The molecule has 6 heteroatoms. The number of carbonyl (C=O) groups is 1. The molecule has 24 heavy (non-hydrogen) atoms. The minimum atomic E-state index is -0.248. The molecule has 1 fully saturated rings. The van der Waals surface area contributed by atoms with Crippen LogP contribution in [0.4, 0.5) is 9.18 Å². The van der Waals surface area contributed by atoms with Gasteiger partial charge in [-0.2, -0.15) is 0 Å². The number of hydrogen-bond donors (Lipinski definition) is 2. The number of piperidine rings is 1. The summed E-state index contributed by atoms with van der Waals surface area (Å²) in [7, 11) is 0. The fraction of sp³-hybridized carbons (Fsp3) is 0.611. The van der Waals surface area contributed by atoms with E-state index in [0.29, 0.717) is 6.54 Å². The van der Waals surface area contributed by atoms with Gasteiger partial charge in [-0.15, -0.1) is 11.8 Å². The number of carbonyl (C=O) groups excluding carboxylic acids is 1. The fourth-order valence-electron chi connectivity index (χ4n) is 3.54. The molecule has 0 radical (unpaired) electrons. The minimum absolute atomic E-state index is 0.105. The molecule has 0 spiro atoms. The lowest BCUT2D eigenvalue weighted by atomic mass is 10.0. The third-order valence-corrected chi connectivity index (χ3v) is 5.89. The summed E-state index contributed by atoms with van der Waals surface area (Å²) in [5.74, 6) is 1.44. The molecule has 132 valence electrons. The van der Waals surface area contributed by atoms with Crippen molar-refractivity contribution < 1.29 is 9.18 Å². The summed E-state index contributed by atoms with van der Waals surface area (Å²) in [4.78, 5) is 15.6. The van der Waals surface area contributed by atoms with Crippen LogP contribution in [-0.4, -0.2) is 42.9 Å². The smallest absolute Gasteiger partial charge is 0.315 e. The Labute approximate surface area is 147 Å². The Morgan fingerprint density at radius 1 is 1.42 bits per heavy atom. The first-order valence-corrected chi connectivity index (χ1v) is 9.79. The predicted octanol–water partition coefficient (Wildman–Crippen LogP) is 3.39. The average Bonchev–Trinajstić information content (AvgIpc) is 2.55. The van der Waals surface area contributed by atoms with E-state index in [1.807, 2.05) is 0 Å². The quantitative estimate of drug-likeness (QED) is 0.874. The molecule has 2 amide bonds. The maximum Gasteiger partial charge on any atom is 0.315 e. The lowest BCUT2D eigenvalue weighted by Crippen LogP contribution is -2.44. The lowest BCUT2D eigenvalue weighted by molar-refractivity contribution is 0.183. The van der Waals surface area contributed by atoms with Gasteiger partial charge in [0.05, 0.1) is 6.04 Å². The van der Waals surface area contributed by atoms with E-state index in [1.54, 1.807) is 23.9 Å². The van der Waals surface area contributed by atoms with Gasteiger partial charge in [-0.3, -0.25) is 0 Å². The number of likely N-dealkylation sites (tertiary alicyclic amines) is 1. The molecule has 2 heterocycles. The summed E-state index contributed by atoms with van der Waals surface area (Å²) in [5, 5.41) is 5.95. The molecule has 2 N–H and O–H groups in total. The van der Waals surface area contributed by atoms with Crippen molar-refractivity contribution in [2.45, 2.75) is 37.1 Å². The van der Waals surface area contributed by atoms with Crippen molar-refractivity contribution in [3.8, 4) is 0 Å². The molecule has 2 aliphatic rings. The summed E-state index contributed by atoms with van der Waals surface area (Å²) in [6.07, 6.45) is 3.38. The molecule has 2 aliphatic heterocycles. The standard InChI is InChI=1S/C18H26FN3OS/c1-13-3-2-8-22(12-13)9-7-20-18(23)21-16-6-10-24-17-5-4-14(19)11-15(16)17/h4-5,11,13,16H,2-3,6-10,12H2,1H3,(H2,20,21,23)/t13-,16+/m1/s1. The van der Waals surface area contributed by atoms with Crippen molar-refractivity contribution in [3.63, 3.8) is 0 Å². The molecular formula is C18H26FN3OS. The Morgan fingerprint density at radius 3 is 3.12 bits per heavy atom. The van der Waals surface area contributed by atoms with Crippen LogP contribution in [0.1, 0.15) is 37.8 Å². The van der Waals surface area contributed by atoms with E-state index in [2.05, 4.69) is 22.5 Å². The van der Waals surface area contributed by atoms with Crippen molar-refractivity contribution in [2.24, 2.45) is 5.92 Å². The van der Waals surface area contributed by atoms with Crippen LogP contribution in [-0.2, 0) is 0 Å². The summed E-state index contributed by atoms with van der Waals surface area (Å²) in [6, 6.07) is 4.56. The van der Waals surface area contributed by atoms with Gasteiger partial charge in [0, 0.05) is 30.3 Å². The average molecular weight is 351 g/mol. The second kappa shape index (κ2) is 8.21. The summed E-state index contributed by atoms with van der Waals surface area (Å²) < 4.78 is 13.5. The predicted molar refractivity (Wildman–Crippen MR) is 95.9 cm³/mol. The molecule has 1 aromatic rings. The van der Waals surface area contributed by atoms with Gasteiger partial charge in [0.1, 0.15) is 5.82 Å². The largest absolute Gasteiger partial charge is 0.337 e. The van der Waals surface area contributed by atoms with Gasteiger partial charge in [-0.25, -0.2) is 9.18 Å². The third-order valence-electron chi connectivity index (χ3n) is 4.77. The number of nitrogens with one attached hydrogen (secondary N) is 2. The molecule has 1 aromatic carbocycles. The van der Waals surface area contributed by atoms with Crippen LogP contribution in [0, 0.1) is 11.7 Å². The van der Waals surface area contributed by atoms with E-state index in [0.717, 1.165) is 48.2 Å². The molecule has 0 aromatic heterocycles. The number of urea groups is 1. The number of halogens is 1. The van der Waals surface area contributed by atoms with Gasteiger partial charge in [0.25, 0.3) is 0 Å². The number of amides is 2. The van der Waals surface area contributed by atoms with Gasteiger partial charge in [0.2, 0.25) is 0 Å². The first-order valence-electron chi connectivity index (χ1n) is 8.81. The number of nitrogens with zero attached hydrogens (tertiary/aromatic N) is 1. The number of benzene rings is 1. The van der Waals surface area contributed by atoms with Crippen LogP contribution in [0.3, 0.4) is 0 Å². The number of thioether (sulfide) groups is 1. The first-order chi connectivity index (χ1) is 11.6.